The van der Waals surface area contributed by atoms with Gasteiger partial charge in [0.05, 0.1) is 10.6 Å². The monoisotopic (exact) mass is 577 g/mol. The minimum atomic E-state index is -4.86. The molecule has 13 heteroatoms. The van der Waals surface area contributed by atoms with E-state index in [1.165, 1.54) is 12.1 Å². The van der Waals surface area contributed by atoms with Crippen molar-refractivity contribution in [1.29, 1.82) is 0 Å². The second kappa shape index (κ2) is 10.8. The molecule has 1 aliphatic rings. The van der Waals surface area contributed by atoms with Crippen molar-refractivity contribution in [1.82, 2.24) is 0 Å². The molecule has 0 radical (unpaired) electrons. The van der Waals surface area contributed by atoms with Crippen molar-refractivity contribution < 1.29 is 38.9 Å². The molecule has 2 unspecified atom stereocenters. The van der Waals surface area contributed by atoms with Gasteiger partial charge in [-0.15, -0.1) is 0 Å². The summed E-state index contributed by atoms with van der Waals surface area (Å²) in [5.74, 6) is -0.454. The maximum Gasteiger partial charge on any atom is 0.295 e. The number of unbranched alkanes of at least 4 members (excludes halogenated alkanes) is 2. The fraction of sp³-hybridized carbons (Fsp3) is 0.583. The van der Waals surface area contributed by atoms with Crippen molar-refractivity contribution in [3.8, 4) is 0 Å². The Morgan fingerprint density at radius 1 is 0.865 bits per heavy atom. The van der Waals surface area contributed by atoms with Gasteiger partial charge in [-0.1, -0.05) is 46.1 Å². The van der Waals surface area contributed by atoms with Crippen LogP contribution in [-0.4, -0.2) is 57.3 Å². The molecule has 3 rings (SSSR count). The Balaban J connectivity index is 2.40. The zero-order valence-corrected chi connectivity index (χ0v) is 23.7. The highest BCUT2D eigenvalue weighted by Crippen LogP contribution is 2.53. The molecule has 0 fully saturated rings. The van der Waals surface area contributed by atoms with Gasteiger partial charge in [0.25, 0.3) is 30.4 Å². The minimum Gasteiger partial charge on any atom is -0.367 e. The van der Waals surface area contributed by atoms with Crippen LogP contribution in [0.2, 0.25) is 0 Å². The summed E-state index contributed by atoms with van der Waals surface area (Å²) in [6.45, 7) is 6.73. The Hall–Kier alpha value is -1.77. The van der Waals surface area contributed by atoms with Gasteiger partial charge in [-0.3, -0.25) is 13.7 Å². The number of anilines is 1. The molecule has 2 aromatic carbocycles. The summed E-state index contributed by atoms with van der Waals surface area (Å²) in [7, 11) is -13.9. The molecule has 1 heterocycles. The van der Waals surface area contributed by atoms with Crippen LogP contribution in [-0.2, 0) is 35.8 Å². The summed E-state index contributed by atoms with van der Waals surface area (Å²) in [6.07, 6.45) is 4.76. The van der Waals surface area contributed by atoms with Crippen molar-refractivity contribution in [2.24, 2.45) is 0 Å². The van der Waals surface area contributed by atoms with E-state index in [0.29, 0.717) is 18.5 Å². The van der Waals surface area contributed by atoms with E-state index in [1.807, 2.05) is 6.92 Å². The number of hydrogen-bond donors (Lipinski definition) is 3. The second-order valence-corrected chi connectivity index (χ2v) is 14.3. The predicted molar refractivity (Wildman–Crippen MR) is 142 cm³/mol. The molecule has 208 valence electrons. The molecule has 0 aliphatic carbocycles. The predicted octanol–water partition coefficient (Wildman–Crippen LogP) is 4.44. The molecule has 37 heavy (non-hydrogen) atoms. The molecule has 2 aromatic rings. The molecule has 1 aliphatic heterocycles. The number of hydrogen-bond acceptors (Lipinski definition) is 7. The molecular weight excluding hydrogens is 542 g/mol. The minimum absolute atomic E-state index is 0.0984. The largest absolute Gasteiger partial charge is 0.367 e. The molecule has 2 atom stereocenters. The third kappa shape index (κ3) is 6.28. The van der Waals surface area contributed by atoms with Crippen LogP contribution in [0.25, 0.3) is 10.8 Å². The fourth-order valence-electron chi connectivity index (χ4n) is 5.63. The first kappa shape index (κ1) is 29.8. The Labute approximate surface area is 219 Å². The van der Waals surface area contributed by atoms with Crippen LogP contribution >= 0.6 is 0 Å². The van der Waals surface area contributed by atoms with Crippen LogP contribution in [0.3, 0.4) is 0 Å². The molecule has 0 aromatic heterocycles. The van der Waals surface area contributed by atoms with E-state index in [1.54, 1.807) is 6.07 Å². The second-order valence-electron chi connectivity index (χ2n) is 9.94. The smallest absolute Gasteiger partial charge is 0.295 e. The van der Waals surface area contributed by atoms with Gasteiger partial charge in [0.2, 0.25) is 0 Å². The summed E-state index contributed by atoms with van der Waals surface area (Å²) < 4.78 is 101. The molecule has 0 spiro atoms. The highest BCUT2D eigenvalue weighted by atomic mass is 32.2. The van der Waals surface area contributed by atoms with Gasteiger partial charge in [0.15, 0.2) is 0 Å². The number of rotatable bonds is 12. The Kier molecular flexibility index (Phi) is 8.67. The van der Waals surface area contributed by atoms with Gasteiger partial charge in [-0.2, -0.15) is 25.3 Å². The molecule has 0 saturated heterocycles. The van der Waals surface area contributed by atoms with E-state index in [9.17, 15) is 38.9 Å². The number of benzene rings is 2. The van der Waals surface area contributed by atoms with Gasteiger partial charge in [0, 0.05) is 29.1 Å². The first-order chi connectivity index (χ1) is 17.0. The fourth-order valence-corrected chi connectivity index (χ4v) is 7.48. The summed E-state index contributed by atoms with van der Waals surface area (Å²) in [4.78, 5) is 0.908. The quantitative estimate of drug-likeness (QED) is 0.307. The van der Waals surface area contributed by atoms with Crippen LogP contribution in [0.5, 0.6) is 0 Å². The normalized spacial score (nSPS) is 20.5. The van der Waals surface area contributed by atoms with Crippen LogP contribution in [0.4, 0.5) is 5.69 Å². The lowest BCUT2D eigenvalue weighted by atomic mass is 9.72. The first-order valence-electron chi connectivity index (χ1n) is 12.3. The summed E-state index contributed by atoms with van der Waals surface area (Å²) >= 11 is 0. The Morgan fingerprint density at radius 2 is 1.51 bits per heavy atom. The topological polar surface area (TPSA) is 166 Å². The lowest BCUT2D eigenvalue weighted by Crippen LogP contribution is -2.44. The van der Waals surface area contributed by atoms with Crippen LogP contribution in [0, 0.1) is 0 Å². The highest BCUT2D eigenvalue weighted by molar-refractivity contribution is 7.87. The Morgan fingerprint density at radius 3 is 2.05 bits per heavy atom. The zero-order valence-electron chi connectivity index (χ0n) is 21.2. The van der Waals surface area contributed by atoms with Gasteiger partial charge in [0.1, 0.15) is 4.90 Å². The highest BCUT2D eigenvalue weighted by Gasteiger charge is 2.48. The van der Waals surface area contributed by atoms with E-state index in [4.69, 9.17) is 0 Å². The van der Waals surface area contributed by atoms with Crippen molar-refractivity contribution >= 4 is 46.8 Å². The molecule has 3 N–H and O–H groups in total. The summed E-state index contributed by atoms with van der Waals surface area (Å²) in [5.41, 5.74) is 0.648. The SMILES string of the molecule is CCCCC1N(CCCC)c2ccc3c(S(=O)(=O)O)cc(S(=O)(=O)O)cc3c2C1(C)CCCS(=O)(=O)O. The van der Waals surface area contributed by atoms with E-state index >= 15 is 0 Å². The lowest BCUT2D eigenvalue weighted by molar-refractivity contribution is 0.332. The lowest BCUT2D eigenvalue weighted by Gasteiger charge is -2.37. The maximum absolute atomic E-state index is 12.3. The van der Waals surface area contributed by atoms with Gasteiger partial charge in [-0.25, -0.2) is 0 Å². The van der Waals surface area contributed by atoms with E-state index in [0.717, 1.165) is 43.9 Å². The molecular formula is C24H35NO9S3. The number of nitrogens with zero attached hydrogens (tertiary/aromatic N) is 1. The molecule has 0 bridgehead atoms. The van der Waals surface area contributed by atoms with E-state index in [2.05, 4.69) is 18.7 Å². The maximum atomic E-state index is 12.3. The average Bonchev–Trinajstić information content (AvgIpc) is 3.00. The molecule has 0 amide bonds. The van der Waals surface area contributed by atoms with Crippen LogP contribution in [0.15, 0.2) is 34.1 Å². The Bertz CT molecular complexity index is 1490. The van der Waals surface area contributed by atoms with Gasteiger partial charge in [-0.05, 0) is 54.8 Å². The third-order valence-electron chi connectivity index (χ3n) is 7.30. The average molecular weight is 578 g/mol. The van der Waals surface area contributed by atoms with E-state index < -0.39 is 51.3 Å². The van der Waals surface area contributed by atoms with Crippen molar-refractivity contribution in [2.45, 2.75) is 87.0 Å². The van der Waals surface area contributed by atoms with Crippen LogP contribution < -0.4 is 4.90 Å². The summed E-state index contributed by atoms with van der Waals surface area (Å²) in [6, 6.07) is 5.10. The third-order valence-corrected chi connectivity index (χ3v) is 9.83. The van der Waals surface area contributed by atoms with Crippen molar-refractivity contribution in [2.75, 3.05) is 17.2 Å². The summed E-state index contributed by atoms with van der Waals surface area (Å²) in [5, 5.41) is 0.344. The first-order valence-corrected chi connectivity index (χ1v) is 16.8. The van der Waals surface area contributed by atoms with Crippen molar-refractivity contribution in [3.05, 3.63) is 29.8 Å². The van der Waals surface area contributed by atoms with Crippen LogP contribution in [0.1, 0.15) is 71.3 Å². The van der Waals surface area contributed by atoms with E-state index in [-0.39, 0.29) is 23.2 Å². The molecule has 10 nitrogen and oxygen atoms in total. The number of fused-ring (bicyclic) bond motifs is 3. The zero-order chi connectivity index (χ0) is 27.8. The molecule has 0 saturated carbocycles. The van der Waals surface area contributed by atoms with Crippen molar-refractivity contribution in [3.63, 3.8) is 0 Å². The van der Waals surface area contributed by atoms with Gasteiger partial charge < -0.3 is 4.90 Å². The van der Waals surface area contributed by atoms with Gasteiger partial charge >= 0.3 is 0 Å². The standard InChI is InChI=1S/C24H35NO9S3/c1-4-6-9-22-24(3,12-8-14-35(26,27)28)23-19-15-17(36(29,30)31)16-21(37(32,33)34)18(19)10-11-20(23)25(22)13-7-5-2/h10-11,15-16,22H,4-9,12-14H2,1-3H3,(H,26,27,28)(H,29,30,31)(H,32,33,34).